The minimum atomic E-state index is -0.693. The van der Waals surface area contributed by atoms with Gasteiger partial charge in [-0.25, -0.2) is 4.79 Å². The zero-order chi connectivity index (χ0) is 22.9. The lowest BCUT2D eigenvalue weighted by molar-refractivity contribution is -0.120. The van der Waals surface area contributed by atoms with Crippen molar-refractivity contribution < 1.29 is 24.2 Å². The molecule has 0 aliphatic heterocycles. The molecule has 6 heteroatoms. The van der Waals surface area contributed by atoms with Crippen molar-refractivity contribution in [2.24, 2.45) is 0 Å². The van der Waals surface area contributed by atoms with Crippen LogP contribution in [0.3, 0.4) is 0 Å². The van der Waals surface area contributed by atoms with Crippen molar-refractivity contribution in [2.45, 2.75) is 6.42 Å². The Morgan fingerprint density at radius 3 is 2.33 bits per heavy atom. The summed E-state index contributed by atoms with van der Waals surface area (Å²) in [7, 11) is 0. The number of fused-ring (bicyclic) bond motifs is 4. The molecule has 2 N–H and O–H groups in total. The molecule has 6 nitrogen and oxygen atoms in total. The molecule has 0 spiro atoms. The number of allylic oxidation sites excluding steroid dienone is 1. The molecule has 0 saturated carbocycles. The van der Waals surface area contributed by atoms with Gasteiger partial charge in [0, 0.05) is 6.42 Å². The summed E-state index contributed by atoms with van der Waals surface area (Å²) < 4.78 is 10.5. The molecule has 0 aliphatic carbocycles. The van der Waals surface area contributed by atoms with Gasteiger partial charge in [-0.15, -0.1) is 0 Å². The number of carbonyl (C=O) groups is 1. The molecule has 0 amide bonds. The number of aliphatic hydroxyl groups is 1. The first kappa shape index (κ1) is 20.3. The summed E-state index contributed by atoms with van der Waals surface area (Å²) in [5.74, 6) is -0.205. The van der Waals surface area contributed by atoms with Crippen LogP contribution in [0.2, 0.25) is 0 Å². The number of aromatic hydroxyl groups is 1. The van der Waals surface area contributed by atoms with Gasteiger partial charge < -0.3 is 19.4 Å². The van der Waals surface area contributed by atoms with E-state index in [2.05, 4.69) is 0 Å². The van der Waals surface area contributed by atoms with Crippen LogP contribution in [0.1, 0.15) is 11.1 Å². The molecule has 0 bridgehead atoms. The number of hydrogen-bond donors (Lipinski definition) is 2. The van der Waals surface area contributed by atoms with Crippen LogP contribution in [0.5, 0.6) is 11.5 Å². The van der Waals surface area contributed by atoms with E-state index in [0.29, 0.717) is 16.3 Å². The van der Waals surface area contributed by atoms with Gasteiger partial charge in [-0.2, -0.15) is 0 Å². The van der Waals surface area contributed by atoms with E-state index in [9.17, 15) is 19.8 Å². The maximum atomic E-state index is 12.6. The quantitative estimate of drug-likeness (QED) is 0.163. The third-order valence-corrected chi connectivity index (χ3v) is 5.68. The number of aliphatic hydroxyl groups excluding tert-OH is 1. The Morgan fingerprint density at radius 1 is 0.909 bits per heavy atom. The van der Waals surface area contributed by atoms with Gasteiger partial charge in [0.15, 0.2) is 0 Å². The molecule has 162 valence electrons. The first-order valence-electron chi connectivity index (χ1n) is 10.3. The van der Waals surface area contributed by atoms with Crippen LogP contribution in [0.15, 0.2) is 88.1 Å². The molecule has 33 heavy (non-hydrogen) atoms. The lowest BCUT2D eigenvalue weighted by Crippen LogP contribution is -2.07. The third kappa shape index (κ3) is 3.47. The number of benzene rings is 4. The second-order valence-electron chi connectivity index (χ2n) is 7.54. The predicted octanol–water partition coefficient (Wildman–Crippen LogP) is 5.48. The van der Waals surface area contributed by atoms with Gasteiger partial charge in [0.05, 0.1) is 16.5 Å². The van der Waals surface area contributed by atoms with Crippen molar-refractivity contribution in [1.29, 1.82) is 0 Å². The highest BCUT2D eigenvalue weighted by atomic mass is 16.5. The fourth-order valence-electron chi connectivity index (χ4n) is 4.14. The fraction of sp³-hybridized carbons (Fsp3) is 0.0370. The lowest BCUT2D eigenvalue weighted by Gasteiger charge is -2.11. The summed E-state index contributed by atoms with van der Waals surface area (Å²) >= 11 is 0. The first-order valence-corrected chi connectivity index (χ1v) is 10.3. The van der Waals surface area contributed by atoms with Crippen molar-refractivity contribution in [3.05, 3.63) is 100 Å². The summed E-state index contributed by atoms with van der Waals surface area (Å²) in [5.41, 5.74) is -0.0794. The Morgan fingerprint density at radius 2 is 1.58 bits per heavy atom. The smallest absolute Gasteiger partial charge is 0.343 e. The van der Waals surface area contributed by atoms with Gasteiger partial charge in [-0.1, -0.05) is 60.7 Å². The van der Waals surface area contributed by atoms with E-state index < -0.39 is 5.63 Å². The zero-order valence-electron chi connectivity index (χ0n) is 17.3. The van der Waals surface area contributed by atoms with Gasteiger partial charge in [0.2, 0.25) is 0 Å². The SMILES string of the molecule is O=COc1ccc2ccccc2c1/C(O)=C/Cc1c(O)c2c(ccc3ccccc32)oc1=O. The molecule has 5 aromatic rings. The molecule has 1 heterocycles. The molecule has 4 aromatic carbocycles. The highest BCUT2D eigenvalue weighted by Crippen LogP contribution is 2.35. The lowest BCUT2D eigenvalue weighted by atomic mass is 10.00. The van der Waals surface area contributed by atoms with Crippen LogP contribution in [0.4, 0.5) is 0 Å². The molecular weight excluding hydrogens is 420 g/mol. The van der Waals surface area contributed by atoms with Crippen molar-refractivity contribution >= 4 is 44.7 Å². The van der Waals surface area contributed by atoms with Crippen LogP contribution in [-0.2, 0) is 11.2 Å². The Balaban J connectivity index is 1.65. The highest BCUT2D eigenvalue weighted by Gasteiger charge is 2.17. The van der Waals surface area contributed by atoms with Crippen LogP contribution in [0, 0.1) is 0 Å². The fourth-order valence-corrected chi connectivity index (χ4v) is 4.14. The molecule has 0 aliphatic rings. The van der Waals surface area contributed by atoms with Gasteiger partial charge in [0.1, 0.15) is 22.8 Å². The maximum Gasteiger partial charge on any atom is 0.343 e. The largest absolute Gasteiger partial charge is 0.507 e. The topological polar surface area (TPSA) is 97.0 Å². The summed E-state index contributed by atoms with van der Waals surface area (Å²) in [6.45, 7) is 0.287. The van der Waals surface area contributed by atoms with Crippen LogP contribution < -0.4 is 10.4 Å². The van der Waals surface area contributed by atoms with Crippen LogP contribution >= 0.6 is 0 Å². The Hall–Kier alpha value is -4.58. The second-order valence-corrected chi connectivity index (χ2v) is 7.54. The number of rotatable bonds is 5. The van der Waals surface area contributed by atoms with E-state index in [-0.39, 0.29) is 41.3 Å². The van der Waals surface area contributed by atoms with Crippen LogP contribution in [-0.4, -0.2) is 16.7 Å². The second kappa shape index (κ2) is 8.16. The summed E-state index contributed by atoms with van der Waals surface area (Å²) in [6.07, 6.45) is 1.30. The number of hydrogen-bond acceptors (Lipinski definition) is 6. The zero-order valence-corrected chi connectivity index (χ0v) is 17.3. The van der Waals surface area contributed by atoms with E-state index in [4.69, 9.17) is 9.15 Å². The molecule has 0 saturated heterocycles. The molecular formula is C27H18O6. The standard InChI is InChI=1S/C27H18O6/c28-15-32-22-13-9-16-5-1-3-7-18(16)24(22)21(29)12-11-20-26(30)25-19-8-4-2-6-17(19)10-14-23(25)33-27(20)31/h1-10,12-15,29-30H,11H2/b21-12-. The van der Waals surface area contributed by atoms with Gasteiger partial charge in [-0.3, -0.25) is 4.79 Å². The van der Waals surface area contributed by atoms with Gasteiger partial charge in [0.25, 0.3) is 6.47 Å². The number of carbonyl (C=O) groups excluding carboxylic acids is 1. The number of ether oxygens (including phenoxy) is 1. The molecule has 0 unspecified atom stereocenters. The summed E-state index contributed by atoms with van der Waals surface area (Å²) in [4.78, 5) is 23.6. The van der Waals surface area contributed by atoms with Crippen molar-refractivity contribution in [2.75, 3.05) is 0 Å². The van der Waals surface area contributed by atoms with Crippen molar-refractivity contribution in [1.82, 2.24) is 0 Å². The minimum absolute atomic E-state index is 0.0171. The highest BCUT2D eigenvalue weighted by molar-refractivity contribution is 6.08. The predicted molar refractivity (Wildman–Crippen MR) is 127 cm³/mol. The Labute approximate surface area is 187 Å². The summed E-state index contributed by atoms with van der Waals surface area (Å²) in [5, 5.41) is 25.5. The van der Waals surface area contributed by atoms with E-state index in [0.717, 1.165) is 16.2 Å². The van der Waals surface area contributed by atoms with E-state index in [1.54, 1.807) is 30.3 Å². The molecule has 5 rings (SSSR count). The van der Waals surface area contributed by atoms with E-state index >= 15 is 0 Å². The van der Waals surface area contributed by atoms with E-state index in [1.165, 1.54) is 6.08 Å². The molecule has 1 aromatic heterocycles. The average molecular weight is 438 g/mol. The van der Waals surface area contributed by atoms with Gasteiger partial charge in [-0.05, 0) is 39.8 Å². The minimum Gasteiger partial charge on any atom is -0.507 e. The van der Waals surface area contributed by atoms with Crippen molar-refractivity contribution in [3.63, 3.8) is 0 Å². The van der Waals surface area contributed by atoms with E-state index in [1.807, 2.05) is 42.5 Å². The maximum absolute atomic E-state index is 12.6. The first-order chi connectivity index (χ1) is 16.1. The summed E-state index contributed by atoms with van der Waals surface area (Å²) in [6, 6.07) is 21.6. The van der Waals surface area contributed by atoms with Gasteiger partial charge >= 0.3 is 5.63 Å². The van der Waals surface area contributed by atoms with Crippen molar-refractivity contribution in [3.8, 4) is 11.5 Å². The molecule has 0 radical (unpaired) electrons. The molecule has 0 atom stereocenters. The monoisotopic (exact) mass is 438 g/mol. The van der Waals surface area contributed by atoms with Crippen LogP contribution in [0.25, 0.3) is 38.3 Å². The molecule has 0 fully saturated rings. The Kier molecular flexibility index (Phi) is 5.03. The average Bonchev–Trinajstić information content (AvgIpc) is 2.83. The normalized spacial score (nSPS) is 11.8. The Bertz CT molecular complexity index is 1630. The third-order valence-electron chi connectivity index (χ3n) is 5.68.